The van der Waals surface area contributed by atoms with Crippen LogP contribution in [0.4, 0.5) is 5.69 Å². The minimum absolute atomic E-state index is 0.0498. The molecular weight excluding hydrogens is 272 g/mol. The van der Waals surface area contributed by atoms with Gasteiger partial charge in [-0.05, 0) is 18.1 Å². The van der Waals surface area contributed by atoms with E-state index in [-0.39, 0.29) is 11.8 Å². The third-order valence-electron chi connectivity index (χ3n) is 3.54. The van der Waals surface area contributed by atoms with Crippen LogP contribution in [0.1, 0.15) is 26.7 Å². The Balaban J connectivity index is 2.20. The molecule has 0 saturated carbocycles. The van der Waals surface area contributed by atoms with Gasteiger partial charge in [-0.15, -0.1) is 0 Å². The van der Waals surface area contributed by atoms with Crippen molar-refractivity contribution in [2.24, 2.45) is 5.92 Å². The highest BCUT2D eigenvalue weighted by Crippen LogP contribution is 2.17. The quantitative estimate of drug-likeness (QED) is 0.393. The van der Waals surface area contributed by atoms with Gasteiger partial charge in [-0.2, -0.15) is 0 Å². The van der Waals surface area contributed by atoms with Gasteiger partial charge in [0.2, 0.25) is 0 Å². The van der Waals surface area contributed by atoms with Gasteiger partial charge >= 0.3 is 0 Å². The highest BCUT2D eigenvalue weighted by molar-refractivity contribution is 5.35. The molecule has 6 nitrogen and oxygen atoms in total. The monoisotopic (exact) mass is 296 g/mol. The van der Waals surface area contributed by atoms with Crippen molar-refractivity contribution in [3.8, 4) is 5.75 Å². The minimum atomic E-state index is -0.440. The van der Waals surface area contributed by atoms with Crippen LogP contribution in [0.3, 0.4) is 0 Å². The predicted molar refractivity (Wildman–Crippen MR) is 81.5 cm³/mol. The summed E-state index contributed by atoms with van der Waals surface area (Å²) < 4.78 is 5.47. The van der Waals surface area contributed by atoms with E-state index in [4.69, 9.17) is 4.74 Å². The van der Waals surface area contributed by atoms with Gasteiger partial charge in [-0.25, -0.2) is 0 Å². The molecule has 118 valence electrons. The van der Waals surface area contributed by atoms with Crippen molar-refractivity contribution in [3.63, 3.8) is 0 Å². The molecule has 0 aliphatic heterocycles. The highest BCUT2D eigenvalue weighted by Gasteiger charge is 2.14. The average molecular weight is 296 g/mol. The van der Waals surface area contributed by atoms with E-state index in [0.29, 0.717) is 31.4 Å². The molecule has 0 heterocycles. The van der Waals surface area contributed by atoms with Crippen molar-refractivity contribution in [2.75, 3.05) is 19.7 Å². The third kappa shape index (κ3) is 6.10. The van der Waals surface area contributed by atoms with E-state index in [1.807, 2.05) is 0 Å². The van der Waals surface area contributed by atoms with Crippen LogP contribution < -0.4 is 10.1 Å². The molecule has 6 heteroatoms. The molecule has 0 aromatic heterocycles. The molecule has 1 aromatic rings. The Morgan fingerprint density at radius 1 is 1.29 bits per heavy atom. The number of ether oxygens (including phenoxy) is 1. The maximum absolute atomic E-state index is 10.5. The lowest BCUT2D eigenvalue weighted by atomic mass is 9.97. The van der Waals surface area contributed by atoms with Crippen LogP contribution in [0.5, 0.6) is 5.75 Å². The molecule has 21 heavy (non-hydrogen) atoms. The molecule has 1 atom stereocenters. The van der Waals surface area contributed by atoms with E-state index < -0.39 is 4.92 Å². The van der Waals surface area contributed by atoms with Gasteiger partial charge in [0.25, 0.3) is 5.69 Å². The Kier molecular flexibility index (Phi) is 7.71. The molecule has 0 amide bonds. The number of nitro benzene ring substituents is 1. The summed E-state index contributed by atoms with van der Waals surface area (Å²) in [5.41, 5.74) is 0.0498. The number of rotatable bonds is 10. The summed E-state index contributed by atoms with van der Waals surface area (Å²) in [6.45, 7) is 5.78. The van der Waals surface area contributed by atoms with Crippen molar-refractivity contribution >= 4 is 5.69 Å². The van der Waals surface area contributed by atoms with E-state index in [2.05, 4.69) is 19.2 Å². The Bertz CT molecular complexity index is 418. The molecule has 0 aliphatic carbocycles. The SMILES string of the molecule is CCC(CC)C(O)CNCCOc1ccc([N+](=O)[O-])cc1. The maximum Gasteiger partial charge on any atom is 0.269 e. The molecule has 2 N–H and O–H groups in total. The van der Waals surface area contributed by atoms with Crippen molar-refractivity contribution in [1.29, 1.82) is 0 Å². The second kappa shape index (κ2) is 9.31. The maximum atomic E-state index is 10.5. The van der Waals surface area contributed by atoms with Crippen molar-refractivity contribution in [1.82, 2.24) is 5.32 Å². The standard InChI is InChI=1S/C15H24N2O4/c1-3-12(4-2)15(18)11-16-9-10-21-14-7-5-13(6-8-14)17(19)20/h5-8,12,15-16,18H,3-4,9-11H2,1-2H3. The second-order valence-corrected chi connectivity index (χ2v) is 4.95. The third-order valence-corrected chi connectivity index (χ3v) is 3.54. The van der Waals surface area contributed by atoms with Crippen LogP contribution in [0.15, 0.2) is 24.3 Å². The molecule has 1 rings (SSSR count). The van der Waals surface area contributed by atoms with Crippen LogP contribution >= 0.6 is 0 Å². The number of hydrogen-bond acceptors (Lipinski definition) is 5. The number of nitrogens with one attached hydrogen (secondary N) is 1. The Labute approximate surface area is 125 Å². The van der Waals surface area contributed by atoms with Crippen LogP contribution in [0, 0.1) is 16.0 Å². The Morgan fingerprint density at radius 2 is 1.90 bits per heavy atom. The van der Waals surface area contributed by atoms with Gasteiger partial charge in [0.1, 0.15) is 12.4 Å². The van der Waals surface area contributed by atoms with Gasteiger partial charge in [0.15, 0.2) is 0 Å². The molecule has 1 aromatic carbocycles. The van der Waals surface area contributed by atoms with Gasteiger partial charge in [-0.3, -0.25) is 10.1 Å². The summed E-state index contributed by atoms with van der Waals surface area (Å²) in [5.74, 6) is 0.927. The number of aliphatic hydroxyl groups is 1. The number of hydrogen-bond donors (Lipinski definition) is 2. The van der Waals surface area contributed by atoms with E-state index in [1.54, 1.807) is 12.1 Å². The van der Waals surface area contributed by atoms with Gasteiger partial charge in [0, 0.05) is 25.2 Å². The van der Waals surface area contributed by atoms with Crippen LogP contribution in [-0.2, 0) is 0 Å². The summed E-state index contributed by atoms with van der Waals surface area (Å²) >= 11 is 0. The first-order valence-corrected chi connectivity index (χ1v) is 7.34. The molecule has 1 unspecified atom stereocenters. The summed E-state index contributed by atoms with van der Waals surface area (Å²) in [6, 6.07) is 5.99. The van der Waals surface area contributed by atoms with Crippen LogP contribution in [0.25, 0.3) is 0 Å². The van der Waals surface area contributed by atoms with Crippen molar-refractivity contribution in [2.45, 2.75) is 32.8 Å². The van der Waals surface area contributed by atoms with Crippen molar-refractivity contribution in [3.05, 3.63) is 34.4 Å². The molecule has 0 spiro atoms. The fourth-order valence-corrected chi connectivity index (χ4v) is 2.15. The zero-order chi connectivity index (χ0) is 15.7. The first-order valence-electron chi connectivity index (χ1n) is 7.34. The number of aliphatic hydroxyl groups excluding tert-OH is 1. The predicted octanol–water partition coefficient (Wildman–Crippen LogP) is 2.36. The van der Waals surface area contributed by atoms with Crippen LogP contribution in [0.2, 0.25) is 0 Å². The number of nitro groups is 1. The smallest absolute Gasteiger partial charge is 0.269 e. The van der Waals surface area contributed by atoms with E-state index in [1.165, 1.54) is 12.1 Å². The zero-order valence-electron chi connectivity index (χ0n) is 12.6. The number of nitrogens with zero attached hydrogens (tertiary/aromatic N) is 1. The largest absolute Gasteiger partial charge is 0.492 e. The van der Waals surface area contributed by atoms with E-state index in [0.717, 1.165) is 12.8 Å². The summed E-state index contributed by atoms with van der Waals surface area (Å²) in [6.07, 6.45) is 1.61. The molecular formula is C15H24N2O4. The minimum Gasteiger partial charge on any atom is -0.492 e. The van der Waals surface area contributed by atoms with Gasteiger partial charge in [0.05, 0.1) is 11.0 Å². The van der Waals surface area contributed by atoms with Crippen molar-refractivity contribution < 1.29 is 14.8 Å². The zero-order valence-corrected chi connectivity index (χ0v) is 12.6. The molecule has 0 saturated heterocycles. The molecule has 0 aliphatic rings. The van der Waals surface area contributed by atoms with E-state index >= 15 is 0 Å². The first-order chi connectivity index (χ1) is 10.1. The average Bonchev–Trinajstić information content (AvgIpc) is 2.48. The molecule has 0 radical (unpaired) electrons. The van der Waals surface area contributed by atoms with E-state index in [9.17, 15) is 15.2 Å². The number of non-ortho nitro benzene ring substituents is 1. The van der Waals surface area contributed by atoms with Gasteiger partial charge in [-0.1, -0.05) is 26.7 Å². The second-order valence-electron chi connectivity index (χ2n) is 4.95. The topological polar surface area (TPSA) is 84.6 Å². The lowest BCUT2D eigenvalue weighted by Gasteiger charge is -2.20. The van der Waals surface area contributed by atoms with Crippen LogP contribution in [-0.4, -0.2) is 35.8 Å². The lowest BCUT2D eigenvalue weighted by molar-refractivity contribution is -0.384. The molecule has 0 bridgehead atoms. The lowest BCUT2D eigenvalue weighted by Crippen LogP contribution is -2.34. The normalized spacial score (nSPS) is 12.4. The number of benzene rings is 1. The summed E-state index contributed by atoms with van der Waals surface area (Å²) in [7, 11) is 0. The highest BCUT2D eigenvalue weighted by atomic mass is 16.6. The summed E-state index contributed by atoms with van der Waals surface area (Å²) in [5, 5.41) is 23.6. The molecule has 0 fully saturated rings. The van der Waals surface area contributed by atoms with Gasteiger partial charge < -0.3 is 15.2 Å². The summed E-state index contributed by atoms with van der Waals surface area (Å²) in [4.78, 5) is 10.1. The fraction of sp³-hybridized carbons (Fsp3) is 0.600. The first kappa shape index (κ1) is 17.4. The Morgan fingerprint density at radius 3 is 2.43 bits per heavy atom. The fourth-order valence-electron chi connectivity index (χ4n) is 2.15. The Hall–Kier alpha value is -1.66.